The van der Waals surface area contributed by atoms with Gasteiger partial charge in [-0.15, -0.1) is 0 Å². The Bertz CT molecular complexity index is 3820. The highest BCUT2D eigenvalue weighted by molar-refractivity contribution is 7.00. The number of hydrogen-bond donors (Lipinski definition) is 0. The highest BCUT2D eigenvalue weighted by Crippen LogP contribution is 2.64. The Labute approximate surface area is 500 Å². The first kappa shape index (κ1) is 56.7. The highest BCUT2D eigenvalue weighted by Gasteiger charge is 2.61. The Morgan fingerprint density at radius 1 is 0.361 bits per heavy atom. The quantitative estimate of drug-likeness (QED) is 0.159. The molecule has 1 saturated carbocycles. The normalized spacial score (nSPS) is 18.8. The molecular weight excluding hydrogens is 1000 g/mol. The fraction of sp³-hybridized carbons (Fsp3) is 0.392. The highest BCUT2D eigenvalue weighted by atomic mass is 15.3. The molecule has 426 valence electrons. The van der Waals surface area contributed by atoms with E-state index in [2.05, 4.69) is 310 Å². The predicted octanol–water partition coefficient (Wildman–Crippen LogP) is 20.0. The minimum Gasteiger partial charge on any atom is -0.334 e. The van der Waals surface area contributed by atoms with E-state index in [1.807, 2.05) is 0 Å². The second-order valence-corrected chi connectivity index (χ2v) is 31.7. The van der Waals surface area contributed by atoms with Gasteiger partial charge in [0.1, 0.15) is 0 Å². The van der Waals surface area contributed by atoms with Crippen LogP contribution in [-0.4, -0.2) is 12.3 Å². The van der Waals surface area contributed by atoms with E-state index >= 15 is 0 Å². The van der Waals surface area contributed by atoms with E-state index in [0.29, 0.717) is 0 Å². The Morgan fingerprint density at radius 3 is 1.42 bits per heavy atom. The molecule has 2 atom stereocenters. The van der Waals surface area contributed by atoms with Crippen LogP contribution in [-0.2, 0) is 37.9 Å². The van der Waals surface area contributed by atoms with Crippen molar-refractivity contribution in [3.8, 4) is 11.1 Å². The zero-order chi connectivity index (χ0) is 59.4. The Kier molecular flexibility index (Phi) is 13.1. The first-order valence-electron chi connectivity index (χ1n) is 31.2. The molecule has 3 aliphatic heterocycles. The van der Waals surface area contributed by atoms with Crippen LogP contribution in [0.25, 0.3) is 11.1 Å². The number of rotatable bonds is 5. The van der Waals surface area contributed by atoms with Crippen LogP contribution in [0.3, 0.4) is 0 Å². The summed E-state index contributed by atoms with van der Waals surface area (Å²) >= 11 is 0. The lowest BCUT2D eigenvalue weighted by Gasteiger charge is -2.52. The lowest BCUT2D eigenvalue weighted by atomic mass is 9.33. The molecule has 1 aliphatic carbocycles. The summed E-state index contributed by atoms with van der Waals surface area (Å²) in [5.41, 5.74) is 26.8. The molecule has 3 heterocycles. The van der Waals surface area contributed by atoms with E-state index in [4.69, 9.17) is 0 Å². The second kappa shape index (κ2) is 19.1. The summed E-state index contributed by atoms with van der Waals surface area (Å²) in [5.74, 6) is 0. The standard InChI is InChI=1S/C79H92BN3/c1-72(2,3)52-27-29-54(30-28-52)79-44-24-23-43-78(79,19)83(66-41-34-56(46-62(66)79)75(10,11)12)60-38-39-63-68(50-60)81(59-36-31-53(32-37-59)73(4,5)6)69-48-58(77(16,17)18)49-70-71(69)80(63)64-47-57(76(13,14)15)35-42-67(64)82(70)65-40-33-55(74(7,8)9)45-61(65)51-25-21-20-22-26-51/h20-22,25-42,45-50H,23-24,43-44H2,1-19H3. The zero-order valence-electron chi connectivity index (χ0n) is 53.8. The van der Waals surface area contributed by atoms with E-state index < -0.39 is 0 Å². The third kappa shape index (κ3) is 9.21. The fourth-order valence-electron chi connectivity index (χ4n) is 14.9. The van der Waals surface area contributed by atoms with Crippen LogP contribution < -0.4 is 31.1 Å². The molecule has 4 heteroatoms. The molecule has 0 aromatic heterocycles. The average Bonchev–Trinajstić information content (AvgIpc) is 1.80. The summed E-state index contributed by atoms with van der Waals surface area (Å²) < 4.78 is 0. The number of anilines is 8. The summed E-state index contributed by atoms with van der Waals surface area (Å²) in [5, 5.41) is 0. The van der Waals surface area contributed by atoms with Gasteiger partial charge in [0.2, 0.25) is 0 Å². The van der Waals surface area contributed by atoms with Gasteiger partial charge in [0, 0.05) is 50.8 Å². The molecule has 12 rings (SSSR count). The molecular formula is C79H92BN3. The molecule has 83 heavy (non-hydrogen) atoms. The zero-order valence-corrected chi connectivity index (χ0v) is 53.8. The molecule has 0 N–H and O–H groups in total. The monoisotopic (exact) mass is 1090 g/mol. The van der Waals surface area contributed by atoms with Crippen LogP contribution in [0, 0.1) is 0 Å². The van der Waals surface area contributed by atoms with Crippen molar-refractivity contribution in [1.82, 2.24) is 0 Å². The van der Waals surface area contributed by atoms with Crippen molar-refractivity contribution in [3.05, 3.63) is 208 Å². The Hall–Kier alpha value is -6.78. The summed E-state index contributed by atoms with van der Waals surface area (Å²) in [6, 6.07) is 65.7. The van der Waals surface area contributed by atoms with Gasteiger partial charge in [0.25, 0.3) is 6.71 Å². The van der Waals surface area contributed by atoms with Crippen molar-refractivity contribution >= 4 is 68.6 Å². The van der Waals surface area contributed by atoms with Crippen LogP contribution in [0.1, 0.15) is 202 Å². The van der Waals surface area contributed by atoms with E-state index in [1.54, 1.807) is 0 Å². The van der Waals surface area contributed by atoms with Gasteiger partial charge in [-0.05, 0) is 179 Å². The molecule has 2 unspecified atom stereocenters. The minimum atomic E-state index is -0.252. The molecule has 0 amide bonds. The molecule has 8 aromatic carbocycles. The third-order valence-corrected chi connectivity index (χ3v) is 19.9. The van der Waals surface area contributed by atoms with Crippen LogP contribution in [0.2, 0.25) is 0 Å². The van der Waals surface area contributed by atoms with E-state index in [1.165, 1.54) is 130 Å². The first-order chi connectivity index (χ1) is 38.8. The average molecular weight is 1090 g/mol. The Morgan fingerprint density at radius 2 is 0.843 bits per heavy atom. The van der Waals surface area contributed by atoms with E-state index in [0.717, 1.165) is 12.8 Å². The largest absolute Gasteiger partial charge is 0.334 e. The van der Waals surface area contributed by atoms with Crippen molar-refractivity contribution < 1.29 is 0 Å². The maximum atomic E-state index is 2.83. The molecule has 0 saturated heterocycles. The molecule has 4 aliphatic rings. The van der Waals surface area contributed by atoms with Crippen molar-refractivity contribution in [2.24, 2.45) is 0 Å². The minimum absolute atomic E-state index is 0.000886. The topological polar surface area (TPSA) is 9.72 Å². The third-order valence-electron chi connectivity index (χ3n) is 19.9. The summed E-state index contributed by atoms with van der Waals surface area (Å²) in [6.45, 7) is 45.0. The van der Waals surface area contributed by atoms with Crippen LogP contribution in [0.4, 0.5) is 45.5 Å². The number of benzene rings is 8. The van der Waals surface area contributed by atoms with Crippen LogP contribution >= 0.6 is 0 Å². The predicted molar refractivity (Wildman–Crippen MR) is 361 cm³/mol. The smallest absolute Gasteiger partial charge is 0.252 e. The molecule has 0 bridgehead atoms. The molecule has 8 aromatic rings. The maximum absolute atomic E-state index is 2.83. The van der Waals surface area contributed by atoms with Gasteiger partial charge in [-0.1, -0.05) is 241 Å². The van der Waals surface area contributed by atoms with Crippen molar-refractivity contribution in [1.29, 1.82) is 0 Å². The Balaban J connectivity index is 1.17. The first-order valence-corrected chi connectivity index (χ1v) is 31.2. The van der Waals surface area contributed by atoms with Gasteiger partial charge in [0.05, 0.1) is 11.2 Å². The van der Waals surface area contributed by atoms with Gasteiger partial charge in [-0.3, -0.25) is 0 Å². The van der Waals surface area contributed by atoms with E-state index in [-0.39, 0.29) is 50.2 Å². The maximum Gasteiger partial charge on any atom is 0.252 e. The van der Waals surface area contributed by atoms with Gasteiger partial charge in [-0.2, -0.15) is 0 Å². The number of hydrogen-bond acceptors (Lipinski definition) is 3. The van der Waals surface area contributed by atoms with Crippen molar-refractivity contribution in [3.63, 3.8) is 0 Å². The van der Waals surface area contributed by atoms with Gasteiger partial charge >= 0.3 is 0 Å². The van der Waals surface area contributed by atoms with Crippen molar-refractivity contribution in [2.75, 3.05) is 14.7 Å². The van der Waals surface area contributed by atoms with Crippen LogP contribution in [0.15, 0.2) is 164 Å². The number of nitrogens with zero attached hydrogens (tertiary/aromatic N) is 3. The second-order valence-electron chi connectivity index (χ2n) is 31.7. The van der Waals surface area contributed by atoms with Crippen molar-refractivity contribution in [2.45, 2.75) is 201 Å². The van der Waals surface area contributed by atoms with Gasteiger partial charge in [-0.25, -0.2) is 0 Å². The summed E-state index contributed by atoms with van der Waals surface area (Å²) in [7, 11) is 0. The summed E-state index contributed by atoms with van der Waals surface area (Å²) in [4.78, 5) is 8.17. The van der Waals surface area contributed by atoms with Gasteiger partial charge < -0.3 is 14.7 Å². The SMILES string of the molecule is CC(C)(C)c1ccc(N2c3cc(N4c5ccc(C(C)(C)C)cc5C5(c6ccc(C(C)(C)C)cc6)CCCCC45C)ccc3B3c4cc(C(C)(C)C)ccc4N(c4ccc(C(C)(C)C)cc4-c4ccccc4)c4cc(C(C)(C)C)cc2c43)cc1. The lowest BCUT2D eigenvalue weighted by Crippen LogP contribution is -2.62. The fourth-order valence-corrected chi connectivity index (χ4v) is 14.9. The summed E-state index contributed by atoms with van der Waals surface area (Å²) in [6.07, 6.45) is 4.58. The van der Waals surface area contributed by atoms with E-state index in [9.17, 15) is 0 Å². The van der Waals surface area contributed by atoms with Crippen LogP contribution in [0.5, 0.6) is 0 Å². The molecule has 0 radical (unpaired) electrons. The molecule has 0 spiro atoms. The van der Waals surface area contributed by atoms with Gasteiger partial charge in [0.15, 0.2) is 0 Å². The lowest BCUT2D eigenvalue weighted by molar-refractivity contribution is 0.215. The number of fused-ring (bicyclic) bond motifs is 7. The molecule has 1 fully saturated rings. The molecule has 3 nitrogen and oxygen atoms in total.